The predicted octanol–water partition coefficient (Wildman–Crippen LogP) is 0.785. The van der Waals surface area contributed by atoms with E-state index in [2.05, 4.69) is 34.3 Å². The number of likely N-dealkylation sites (tertiary alicyclic amines) is 1. The number of aliphatic hydroxyl groups excluding tert-OH is 1. The topological polar surface area (TPSA) is 78.4 Å². The Labute approximate surface area is 130 Å². The number of carbonyl (C=O) groups is 1. The van der Waals surface area contributed by atoms with Crippen molar-refractivity contribution in [3.05, 3.63) is 23.5 Å². The maximum Gasteiger partial charge on any atom is 0.272 e. The maximum atomic E-state index is 12.4. The number of carbonyl (C=O) groups excluding carboxylic acids is 1. The first-order chi connectivity index (χ1) is 10.6. The maximum absolute atomic E-state index is 12.4. The second-order valence-corrected chi connectivity index (χ2v) is 6.72. The highest BCUT2D eigenvalue weighted by molar-refractivity contribution is 5.92. The van der Waals surface area contributed by atoms with Crippen LogP contribution in [-0.4, -0.2) is 57.9 Å². The fourth-order valence-corrected chi connectivity index (χ4v) is 3.05. The number of amides is 1. The number of nitrogens with one attached hydrogen (secondary N) is 1. The molecule has 0 unspecified atom stereocenters. The average Bonchev–Trinajstić information content (AvgIpc) is 3.28. The van der Waals surface area contributed by atoms with Gasteiger partial charge in [-0.15, -0.1) is 5.10 Å². The number of aliphatic hydroxyl groups is 1. The molecule has 6 nitrogen and oxygen atoms in total. The number of hydrogen-bond donors (Lipinski definition) is 2. The van der Waals surface area contributed by atoms with E-state index in [1.54, 1.807) is 6.20 Å². The van der Waals surface area contributed by atoms with E-state index < -0.39 is 0 Å². The molecule has 2 N–H and O–H groups in total. The van der Waals surface area contributed by atoms with Crippen molar-refractivity contribution < 1.29 is 9.90 Å². The van der Waals surface area contributed by atoms with Gasteiger partial charge in [-0.2, -0.15) is 5.10 Å². The summed E-state index contributed by atoms with van der Waals surface area (Å²) in [5.74, 6) is 0.435. The Hall–Kier alpha value is -1.53. The van der Waals surface area contributed by atoms with Crippen molar-refractivity contribution in [1.29, 1.82) is 0 Å². The lowest BCUT2D eigenvalue weighted by atomic mass is 10.0. The van der Waals surface area contributed by atoms with Crippen molar-refractivity contribution in [2.45, 2.75) is 44.7 Å². The summed E-state index contributed by atoms with van der Waals surface area (Å²) in [4.78, 5) is 14.7. The molecule has 2 atom stereocenters. The molecule has 1 amide bonds. The van der Waals surface area contributed by atoms with Crippen LogP contribution in [-0.2, 0) is 0 Å². The third kappa shape index (κ3) is 3.28. The van der Waals surface area contributed by atoms with Crippen LogP contribution >= 0.6 is 0 Å². The second-order valence-electron chi connectivity index (χ2n) is 6.72. The van der Waals surface area contributed by atoms with Gasteiger partial charge in [0.25, 0.3) is 5.91 Å². The number of nitrogens with zero attached hydrogens (tertiary/aromatic N) is 3. The monoisotopic (exact) mass is 304 g/mol. The predicted molar refractivity (Wildman–Crippen MR) is 82.5 cm³/mol. The summed E-state index contributed by atoms with van der Waals surface area (Å²) in [7, 11) is 0. The molecule has 1 saturated heterocycles. The first-order valence-electron chi connectivity index (χ1n) is 8.07. The summed E-state index contributed by atoms with van der Waals surface area (Å²) < 4.78 is 0. The van der Waals surface area contributed by atoms with Crippen LogP contribution in [0.25, 0.3) is 0 Å². The van der Waals surface area contributed by atoms with Gasteiger partial charge in [-0.05, 0) is 44.2 Å². The fraction of sp³-hybridized carbons (Fsp3) is 0.688. The van der Waals surface area contributed by atoms with Crippen LogP contribution in [0, 0.1) is 5.92 Å². The molecule has 1 aliphatic carbocycles. The van der Waals surface area contributed by atoms with Crippen molar-refractivity contribution in [2.75, 3.05) is 19.7 Å². The Morgan fingerprint density at radius 1 is 1.45 bits per heavy atom. The highest BCUT2D eigenvalue weighted by Crippen LogP contribution is 2.39. The minimum Gasteiger partial charge on any atom is -0.396 e. The summed E-state index contributed by atoms with van der Waals surface area (Å²) in [6, 6.07) is 2.23. The van der Waals surface area contributed by atoms with Crippen molar-refractivity contribution in [3.63, 3.8) is 0 Å². The SMILES string of the molecule is CC(C)N1C[C@H](CO)[C@H](NC(=O)c2cc(C3CC3)cnn2)C1. The summed E-state index contributed by atoms with van der Waals surface area (Å²) in [6.45, 7) is 5.92. The van der Waals surface area contributed by atoms with E-state index in [1.807, 2.05) is 6.07 Å². The van der Waals surface area contributed by atoms with Crippen LogP contribution < -0.4 is 5.32 Å². The summed E-state index contributed by atoms with van der Waals surface area (Å²) in [5, 5.41) is 20.5. The number of rotatable bonds is 5. The molecule has 120 valence electrons. The highest BCUT2D eigenvalue weighted by Gasteiger charge is 2.35. The Morgan fingerprint density at radius 3 is 2.86 bits per heavy atom. The van der Waals surface area contributed by atoms with Gasteiger partial charge in [0.05, 0.1) is 6.20 Å². The van der Waals surface area contributed by atoms with Gasteiger partial charge >= 0.3 is 0 Å². The first kappa shape index (κ1) is 15.4. The molecular formula is C16H24N4O2. The Balaban J connectivity index is 1.66. The average molecular weight is 304 g/mol. The second kappa shape index (κ2) is 6.30. The molecule has 0 radical (unpaired) electrons. The lowest BCUT2D eigenvalue weighted by Crippen LogP contribution is -2.42. The lowest BCUT2D eigenvalue weighted by Gasteiger charge is -2.20. The number of aromatic nitrogens is 2. The van der Waals surface area contributed by atoms with Gasteiger partial charge in [0.2, 0.25) is 0 Å². The van der Waals surface area contributed by atoms with E-state index in [0.717, 1.165) is 18.7 Å². The smallest absolute Gasteiger partial charge is 0.272 e. The van der Waals surface area contributed by atoms with E-state index in [-0.39, 0.29) is 24.5 Å². The van der Waals surface area contributed by atoms with Crippen LogP contribution in [0.5, 0.6) is 0 Å². The zero-order chi connectivity index (χ0) is 15.7. The zero-order valence-electron chi connectivity index (χ0n) is 13.2. The fourth-order valence-electron chi connectivity index (χ4n) is 3.05. The van der Waals surface area contributed by atoms with E-state index in [4.69, 9.17) is 0 Å². The Kier molecular flexibility index (Phi) is 4.40. The van der Waals surface area contributed by atoms with Gasteiger partial charge in [0.1, 0.15) is 0 Å². The van der Waals surface area contributed by atoms with Crippen LogP contribution in [0.2, 0.25) is 0 Å². The third-order valence-corrected chi connectivity index (χ3v) is 4.71. The molecule has 1 aromatic heterocycles. The lowest BCUT2D eigenvalue weighted by molar-refractivity contribution is 0.0914. The third-order valence-electron chi connectivity index (χ3n) is 4.71. The van der Waals surface area contributed by atoms with Crippen LogP contribution in [0.1, 0.15) is 48.7 Å². The van der Waals surface area contributed by atoms with E-state index >= 15 is 0 Å². The van der Waals surface area contributed by atoms with Gasteiger partial charge in [0.15, 0.2) is 5.69 Å². The summed E-state index contributed by atoms with van der Waals surface area (Å²) >= 11 is 0. The molecule has 22 heavy (non-hydrogen) atoms. The molecule has 0 aromatic carbocycles. The molecule has 0 spiro atoms. The Bertz CT molecular complexity index is 545. The minimum atomic E-state index is -0.191. The molecule has 1 saturated carbocycles. The van der Waals surface area contributed by atoms with Crippen molar-refractivity contribution in [2.24, 2.45) is 5.92 Å². The minimum absolute atomic E-state index is 0.0359. The van der Waals surface area contributed by atoms with Gasteiger partial charge in [-0.25, -0.2) is 0 Å². The van der Waals surface area contributed by atoms with Gasteiger partial charge in [-0.1, -0.05) is 0 Å². The van der Waals surface area contributed by atoms with E-state index in [0.29, 0.717) is 17.7 Å². The molecule has 0 bridgehead atoms. The zero-order valence-corrected chi connectivity index (χ0v) is 13.2. The quantitative estimate of drug-likeness (QED) is 0.841. The molecule has 2 fully saturated rings. The van der Waals surface area contributed by atoms with Crippen molar-refractivity contribution >= 4 is 5.91 Å². The molecule has 2 heterocycles. The van der Waals surface area contributed by atoms with Crippen LogP contribution in [0.4, 0.5) is 0 Å². The summed E-state index contributed by atoms with van der Waals surface area (Å²) in [5.41, 5.74) is 1.48. The molecular weight excluding hydrogens is 280 g/mol. The molecule has 1 aliphatic heterocycles. The Morgan fingerprint density at radius 2 is 2.23 bits per heavy atom. The summed E-state index contributed by atoms with van der Waals surface area (Å²) in [6.07, 6.45) is 4.09. The van der Waals surface area contributed by atoms with E-state index in [1.165, 1.54) is 12.8 Å². The van der Waals surface area contributed by atoms with Gasteiger partial charge in [-0.3, -0.25) is 9.69 Å². The highest BCUT2D eigenvalue weighted by atomic mass is 16.3. The molecule has 2 aliphatic rings. The van der Waals surface area contributed by atoms with Crippen LogP contribution in [0.3, 0.4) is 0 Å². The first-order valence-corrected chi connectivity index (χ1v) is 8.07. The molecule has 3 rings (SSSR count). The standard InChI is InChI=1S/C16H24N4O2/c1-10(2)20-7-13(9-21)15(8-20)18-16(22)14-5-12(6-17-19-14)11-3-4-11/h5-6,10-11,13,15,21H,3-4,7-9H2,1-2H3,(H,18,22)/t13-,15-/m1/s1. The van der Waals surface area contributed by atoms with E-state index in [9.17, 15) is 9.90 Å². The van der Waals surface area contributed by atoms with Crippen molar-refractivity contribution in [1.82, 2.24) is 20.4 Å². The number of hydrogen-bond acceptors (Lipinski definition) is 5. The normalized spacial score (nSPS) is 25.6. The van der Waals surface area contributed by atoms with Gasteiger partial charge < -0.3 is 10.4 Å². The van der Waals surface area contributed by atoms with Gasteiger partial charge in [0, 0.05) is 37.7 Å². The van der Waals surface area contributed by atoms with Crippen LogP contribution in [0.15, 0.2) is 12.3 Å². The molecule has 6 heteroatoms. The largest absolute Gasteiger partial charge is 0.396 e. The van der Waals surface area contributed by atoms with Crippen molar-refractivity contribution in [3.8, 4) is 0 Å². The molecule has 1 aromatic rings.